The molecule has 18 heavy (non-hydrogen) atoms. The summed E-state index contributed by atoms with van der Waals surface area (Å²) in [6, 6.07) is 2.55. The van der Waals surface area contributed by atoms with Gasteiger partial charge in [0.1, 0.15) is 5.82 Å². The maximum atomic E-state index is 13.1. The van der Waals surface area contributed by atoms with Gasteiger partial charge in [-0.25, -0.2) is 8.78 Å². The predicted octanol–water partition coefficient (Wildman–Crippen LogP) is 1.20. The Balaban J connectivity index is 2.24. The first kappa shape index (κ1) is 14.4. The predicted molar refractivity (Wildman–Crippen MR) is 63.1 cm³/mol. The van der Waals surface area contributed by atoms with Gasteiger partial charge in [0.15, 0.2) is 11.6 Å². The van der Waals surface area contributed by atoms with Crippen LogP contribution in [0.2, 0.25) is 0 Å². The number of hydrogen-bond acceptors (Lipinski definition) is 3. The molecule has 0 aliphatic carbocycles. The Hall–Kier alpha value is -1.69. The zero-order valence-corrected chi connectivity index (χ0v) is 10.1. The standard InChI is InChI=1S/C12H16F2N2O2/c1-8(15)12(17)16-5-2-6-18-11-4-3-9(13)7-10(11)14/h3-4,7-8H,2,5-6,15H2,1H3,(H,16,17). The summed E-state index contributed by atoms with van der Waals surface area (Å²) in [4.78, 5) is 11.1. The van der Waals surface area contributed by atoms with Gasteiger partial charge in [-0.1, -0.05) is 0 Å². The van der Waals surface area contributed by atoms with E-state index in [2.05, 4.69) is 5.32 Å². The molecule has 0 heterocycles. The summed E-state index contributed by atoms with van der Waals surface area (Å²) in [7, 11) is 0. The normalized spacial score (nSPS) is 12.0. The molecule has 0 aliphatic heterocycles. The molecule has 0 aliphatic rings. The molecule has 1 amide bonds. The van der Waals surface area contributed by atoms with Crippen LogP contribution in [0, 0.1) is 11.6 Å². The molecule has 1 aromatic rings. The summed E-state index contributed by atoms with van der Waals surface area (Å²) >= 11 is 0. The van der Waals surface area contributed by atoms with E-state index in [0.29, 0.717) is 13.0 Å². The summed E-state index contributed by atoms with van der Waals surface area (Å²) < 4.78 is 30.9. The van der Waals surface area contributed by atoms with E-state index in [1.807, 2.05) is 0 Å². The fourth-order valence-corrected chi connectivity index (χ4v) is 1.22. The zero-order chi connectivity index (χ0) is 13.5. The van der Waals surface area contributed by atoms with Crippen LogP contribution < -0.4 is 15.8 Å². The van der Waals surface area contributed by atoms with Crippen molar-refractivity contribution in [2.24, 2.45) is 5.73 Å². The zero-order valence-electron chi connectivity index (χ0n) is 10.1. The number of hydrogen-bond donors (Lipinski definition) is 2. The molecule has 6 heteroatoms. The topological polar surface area (TPSA) is 64.4 Å². The summed E-state index contributed by atoms with van der Waals surface area (Å²) in [6.07, 6.45) is 0.509. The molecule has 0 bridgehead atoms. The highest BCUT2D eigenvalue weighted by atomic mass is 19.1. The molecule has 1 aromatic carbocycles. The lowest BCUT2D eigenvalue weighted by molar-refractivity contribution is -0.121. The number of ether oxygens (including phenoxy) is 1. The number of nitrogens with two attached hydrogens (primary N) is 1. The van der Waals surface area contributed by atoms with Gasteiger partial charge in [-0.05, 0) is 25.5 Å². The lowest BCUT2D eigenvalue weighted by atomic mass is 10.3. The molecular formula is C12H16F2N2O2. The molecule has 1 rings (SSSR count). The van der Waals surface area contributed by atoms with Crippen LogP contribution in [0.15, 0.2) is 18.2 Å². The smallest absolute Gasteiger partial charge is 0.236 e. The molecular weight excluding hydrogens is 242 g/mol. The third kappa shape index (κ3) is 4.67. The fourth-order valence-electron chi connectivity index (χ4n) is 1.22. The van der Waals surface area contributed by atoms with E-state index >= 15 is 0 Å². The lowest BCUT2D eigenvalue weighted by Gasteiger charge is -2.09. The van der Waals surface area contributed by atoms with Crippen LogP contribution in [0.25, 0.3) is 0 Å². The van der Waals surface area contributed by atoms with Crippen LogP contribution in [-0.2, 0) is 4.79 Å². The van der Waals surface area contributed by atoms with Crippen molar-refractivity contribution in [1.29, 1.82) is 0 Å². The maximum absolute atomic E-state index is 13.1. The van der Waals surface area contributed by atoms with Crippen LogP contribution in [0.1, 0.15) is 13.3 Å². The van der Waals surface area contributed by atoms with E-state index in [0.717, 1.165) is 12.1 Å². The van der Waals surface area contributed by atoms with E-state index in [9.17, 15) is 13.6 Å². The number of nitrogens with one attached hydrogen (secondary N) is 1. The fraction of sp³-hybridized carbons (Fsp3) is 0.417. The maximum Gasteiger partial charge on any atom is 0.236 e. The van der Waals surface area contributed by atoms with Gasteiger partial charge in [-0.15, -0.1) is 0 Å². The molecule has 0 fully saturated rings. The van der Waals surface area contributed by atoms with Gasteiger partial charge in [-0.3, -0.25) is 4.79 Å². The first-order chi connectivity index (χ1) is 8.50. The van der Waals surface area contributed by atoms with Gasteiger partial charge < -0.3 is 15.8 Å². The molecule has 0 saturated heterocycles. The highest BCUT2D eigenvalue weighted by Crippen LogP contribution is 2.17. The molecule has 4 nitrogen and oxygen atoms in total. The van der Waals surface area contributed by atoms with Crippen molar-refractivity contribution in [1.82, 2.24) is 5.32 Å². The molecule has 1 unspecified atom stereocenters. The molecule has 100 valence electrons. The Morgan fingerprint density at radius 1 is 1.50 bits per heavy atom. The molecule has 0 spiro atoms. The number of rotatable bonds is 6. The molecule has 0 radical (unpaired) electrons. The van der Waals surface area contributed by atoms with Crippen LogP contribution >= 0.6 is 0 Å². The van der Waals surface area contributed by atoms with Crippen LogP contribution in [0.3, 0.4) is 0 Å². The minimum absolute atomic E-state index is 0.00470. The summed E-state index contributed by atoms with van der Waals surface area (Å²) in [5.41, 5.74) is 5.35. The van der Waals surface area contributed by atoms with Gasteiger partial charge in [-0.2, -0.15) is 0 Å². The first-order valence-corrected chi connectivity index (χ1v) is 5.62. The van der Waals surface area contributed by atoms with Crippen molar-refractivity contribution in [3.8, 4) is 5.75 Å². The van der Waals surface area contributed by atoms with Crippen molar-refractivity contribution >= 4 is 5.91 Å². The Bertz CT molecular complexity index is 411. The van der Waals surface area contributed by atoms with E-state index < -0.39 is 17.7 Å². The van der Waals surface area contributed by atoms with Crippen molar-refractivity contribution in [3.63, 3.8) is 0 Å². The quantitative estimate of drug-likeness (QED) is 0.753. The van der Waals surface area contributed by atoms with Gasteiger partial charge in [0.05, 0.1) is 12.6 Å². The van der Waals surface area contributed by atoms with Gasteiger partial charge in [0.25, 0.3) is 0 Å². The summed E-state index contributed by atoms with van der Waals surface area (Å²) in [5, 5.41) is 2.59. The Morgan fingerprint density at radius 3 is 2.83 bits per heavy atom. The van der Waals surface area contributed by atoms with E-state index in [1.54, 1.807) is 6.92 Å². The van der Waals surface area contributed by atoms with E-state index in [4.69, 9.17) is 10.5 Å². The van der Waals surface area contributed by atoms with Gasteiger partial charge >= 0.3 is 0 Å². The number of benzene rings is 1. The summed E-state index contributed by atoms with van der Waals surface area (Å²) in [6.45, 7) is 2.20. The minimum Gasteiger partial charge on any atom is -0.490 e. The number of amides is 1. The monoisotopic (exact) mass is 258 g/mol. The molecule has 1 atom stereocenters. The minimum atomic E-state index is -0.741. The Morgan fingerprint density at radius 2 is 2.22 bits per heavy atom. The molecule has 0 saturated carbocycles. The number of carbonyl (C=O) groups is 1. The first-order valence-electron chi connectivity index (χ1n) is 5.62. The average molecular weight is 258 g/mol. The Kier molecular flexibility index (Phi) is 5.51. The molecule has 0 aromatic heterocycles. The van der Waals surface area contributed by atoms with Crippen molar-refractivity contribution < 1.29 is 18.3 Å². The molecule has 3 N–H and O–H groups in total. The number of halogens is 2. The van der Waals surface area contributed by atoms with Crippen LogP contribution in [0.4, 0.5) is 8.78 Å². The lowest BCUT2D eigenvalue weighted by Crippen LogP contribution is -2.38. The largest absolute Gasteiger partial charge is 0.490 e. The second-order valence-electron chi connectivity index (χ2n) is 3.86. The second kappa shape index (κ2) is 6.90. The van der Waals surface area contributed by atoms with Gasteiger partial charge in [0, 0.05) is 12.6 Å². The SMILES string of the molecule is CC(N)C(=O)NCCCOc1ccc(F)cc1F. The third-order valence-corrected chi connectivity index (χ3v) is 2.19. The third-order valence-electron chi connectivity index (χ3n) is 2.19. The van der Waals surface area contributed by atoms with Crippen molar-refractivity contribution in [2.75, 3.05) is 13.2 Å². The van der Waals surface area contributed by atoms with Gasteiger partial charge in [0.2, 0.25) is 5.91 Å². The van der Waals surface area contributed by atoms with E-state index in [-0.39, 0.29) is 18.3 Å². The van der Waals surface area contributed by atoms with Crippen LogP contribution in [0.5, 0.6) is 5.75 Å². The second-order valence-corrected chi connectivity index (χ2v) is 3.86. The van der Waals surface area contributed by atoms with Crippen LogP contribution in [-0.4, -0.2) is 25.1 Å². The highest BCUT2D eigenvalue weighted by molar-refractivity contribution is 5.80. The van der Waals surface area contributed by atoms with E-state index in [1.165, 1.54) is 6.07 Å². The van der Waals surface area contributed by atoms with Crippen molar-refractivity contribution in [2.45, 2.75) is 19.4 Å². The average Bonchev–Trinajstić information content (AvgIpc) is 2.30. The van der Waals surface area contributed by atoms with Crippen molar-refractivity contribution in [3.05, 3.63) is 29.8 Å². The summed E-state index contributed by atoms with van der Waals surface area (Å²) in [5.74, 6) is -1.64. The number of carbonyl (C=O) groups excluding carboxylic acids is 1. The highest BCUT2D eigenvalue weighted by Gasteiger charge is 2.06. The Labute approximate surface area is 104 Å².